The molecule has 0 aliphatic carbocycles. The Balaban J connectivity index is 1.79. The number of rotatable bonds is 4. The van der Waals surface area contributed by atoms with Crippen LogP contribution >= 0.6 is 0 Å². The van der Waals surface area contributed by atoms with E-state index in [0.717, 1.165) is 28.6 Å². The zero-order valence-corrected chi connectivity index (χ0v) is 12.0. The standard InChI is InChI=1S/C15H16N6/c1-11-6-12(2)21(20-11)15-7-14(18-10-19-15)17-9-13-4-3-5-16-8-13/h3-8,10H,9H2,1-2H3,(H,17,18,19). The second-order valence-corrected chi connectivity index (χ2v) is 4.82. The van der Waals surface area contributed by atoms with Crippen molar-refractivity contribution in [3.05, 3.63) is 59.9 Å². The van der Waals surface area contributed by atoms with Gasteiger partial charge in [-0.1, -0.05) is 6.07 Å². The van der Waals surface area contributed by atoms with E-state index >= 15 is 0 Å². The zero-order chi connectivity index (χ0) is 14.7. The molecule has 3 aromatic rings. The van der Waals surface area contributed by atoms with E-state index < -0.39 is 0 Å². The van der Waals surface area contributed by atoms with Gasteiger partial charge in [-0.05, 0) is 31.5 Å². The first kappa shape index (κ1) is 13.2. The number of anilines is 1. The highest BCUT2D eigenvalue weighted by Crippen LogP contribution is 2.12. The predicted octanol–water partition coefficient (Wildman–Crippen LogP) is 2.29. The number of nitrogens with zero attached hydrogens (tertiary/aromatic N) is 5. The van der Waals surface area contributed by atoms with Crippen LogP contribution in [-0.4, -0.2) is 24.7 Å². The quantitative estimate of drug-likeness (QED) is 0.794. The van der Waals surface area contributed by atoms with Crippen molar-refractivity contribution < 1.29 is 0 Å². The van der Waals surface area contributed by atoms with Crippen molar-refractivity contribution in [1.29, 1.82) is 0 Å². The maximum Gasteiger partial charge on any atom is 0.159 e. The first-order chi connectivity index (χ1) is 10.2. The molecular formula is C15H16N6. The molecule has 0 radical (unpaired) electrons. The average molecular weight is 280 g/mol. The largest absolute Gasteiger partial charge is 0.366 e. The predicted molar refractivity (Wildman–Crippen MR) is 80.2 cm³/mol. The molecule has 0 aliphatic heterocycles. The molecule has 0 saturated heterocycles. The molecule has 0 fully saturated rings. The Labute approximate surface area is 122 Å². The lowest BCUT2D eigenvalue weighted by Gasteiger charge is -2.07. The molecule has 3 aromatic heterocycles. The summed E-state index contributed by atoms with van der Waals surface area (Å²) in [4.78, 5) is 12.6. The van der Waals surface area contributed by atoms with Crippen LogP contribution in [-0.2, 0) is 6.54 Å². The summed E-state index contributed by atoms with van der Waals surface area (Å²) in [6.07, 6.45) is 5.13. The summed E-state index contributed by atoms with van der Waals surface area (Å²) < 4.78 is 1.81. The van der Waals surface area contributed by atoms with E-state index in [0.29, 0.717) is 6.54 Å². The minimum absolute atomic E-state index is 0.668. The topological polar surface area (TPSA) is 68.5 Å². The molecule has 6 heteroatoms. The molecular weight excluding hydrogens is 264 g/mol. The van der Waals surface area contributed by atoms with Gasteiger partial charge in [0.1, 0.15) is 12.1 Å². The number of aryl methyl sites for hydroxylation is 2. The van der Waals surface area contributed by atoms with E-state index in [-0.39, 0.29) is 0 Å². The second-order valence-electron chi connectivity index (χ2n) is 4.82. The first-order valence-electron chi connectivity index (χ1n) is 6.71. The van der Waals surface area contributed by atoms with E-state index in [1.165, 1.54) is 6.33 Å². The van der Waals surface area contributed by atoms with Crippen molar-refractivity contribution in [3.63, 3.8) is 0 Å². The fourth-order valence-electron chi connectivity index (χ4n) is 2.12. The molecule has 21 heavy (non-hydrogen) atoms. The zero-order valence-electron chi connectivity index (χ0n) is 12.0. The summed E-state index contributed by atoms with van der Waals surface area (Å²) in [5.74, 6) is 1.51. The van der Waals surface area contributed by atoms with Crippen LogP contribution in [0.1, 0.15) is 17.0 Å². The Morgan fingerprint density at radius 1 is 1.19 bits per heavy atom. The smallest absolute Gasteiger partial charge is 0.159 e. The van der Waals surface area contributed by atoms with Crippen LogP contribution in [0, 0.1) is 13.8 Å². The van der Waals surface area contributed by atoms with Gasteiger partial charge in [0.25, 0.3) is 0 Å². The SMILES string of the molecule is Cc1cc(C)n(-c2cc(NCc3cccnc3)ncn2)n1. The van der Waals surface area contributed by atoms with E-state index in [1.54, 1.807) is 6.20 Å². The van der Waals surface area contributed by atoms with Gasteiger partial charge < -0.3 is 5.32 Å². The van der Waals surface area contributed by atoms with Crippen LogP contribution in [0.3, 0.4) is 0 Å². The Morgan fingerprint density at radius 3 is 2.81 bits per heavy atom. The summed E-state index contributed by atoms with van der Waals surface area (Å²) in [5.41, 5.74) is 3.11. The third-order valence-electron chi connectivity index (χ3n) is 3.08. The number of hydrogen-bond donors (Lipinski definition) is 1. The summed E-state index contributed by atoms with van der Waals surface area (Å²) in [6, 6.07) is 7.84. The van der Waals surface area contributed by atoms with Gasteiger partial charge in [0.05, 0.1) is 5.69 Å². The van der Waals surface area contributed by atoms with Gasteiger partial charge >= 0.3 is 0 Å². The van der Waals surface area contributed by atoms with Crippen LogP contribution in [0.4, 0.5) is 5.82 Å². The second kappa shape index (κ2) is 5.70. The summed E-state index contributed by atoms with van der Waals surface area (Å²) in [5, 5.41) is 7.69. The van der Waals surface area contributed by atoms with Crippen LogP contribution < -0.4 is 5.32 Å². The molecule has 1 N–H and O–H groups in total. The molecule has 3 rings (SSSR count). The maximum atomic E-state index is 4.43. The number of nitrogens with one attached hydrogen (secondary N) is 1. The van der Waals surface area contributed by atoms with Crippen LogP contribution in [0.2, 0.25) is 0 Å². The number of pyridine rings is 1. The Bertz CT molecular complexity index is 735. The molecule has 0 unspecified atom stereocenters. The fraction of sp³-hybridized carbons (Fsp3) is 0.200. The highest BCUT2D eigenvalue weighted by Gasteiger charge is 2.06. The lowest BCUT2D eigenvalue weighted by molar-refractivity contribution is 0.800. The van der Waals surface area contributed by atoms with Gasteiger partial charge in [-0.3, -0.25) is 4.98 Å². The van der Waals surface area contributed by atoms with Crippen molar-refractivity contribution >= 4 is 5.82 Å². The molecule has 0 amide bonds. The van der Waals surface area contributed by atoms with Crippen LogP contribution in [0.15, 0.2) is 43.0 Å². The molecule has 0 atom stereocenters. The molecule has 106 valence electrons. The van der Waals surface area contributed by atoms with Gasteiger partial charge in [0.15, 0.2) is 5.82 Å². The van der Waals surface area contributed by atoms with Crippen molar-refractivity contribution in [3.8, 4) is 5.82 Å². The van der Waals surface area contributed by atoms with E-state index in [1.807, 2.05) is 49.0 Å². The minimum Gasteiger partial charge on any atom is -0.366 e. The van der Waals surface area contributed by atoms with E-state index in [4.69, 9.17) is 0 Å². The normalized spacial score (nSPS) is 10.6. The van der Waals surface area contributed by atoms with Crippen molar-refractivity contribution in [2.45, 2.75) is 20.4 Å². The monoisotopic (exact) mass is 280 g/mol. The summed E-state index contributed by atoms with van der Waals surface area (Å²) >= 11 is 0. The van der Waals surface area contributed by atoms with E-state index in [9.17, 15) is 0 Å². The van der Waals surface area contributed by atoms with E-state index in [2.05, 4.69) is 25.4 Å². The highest BCUT2D eigenvalue weighted by atomic mass is 15.3. The van der Waals surface area contributed by atoms with Gasteiger partial charge in [0.2, 0.25) is 0 Å². The van der Waals surface area contributed by atoms with Gasteiger partial charge in [-0.15, -0.1) is 0 Å². The molecule has 0 spiro atoms. The maximum absolute atomic E-state index is 4.43. The molecule has 0 aromatic carbocycles. The molecule has 0 bridgehead atoms. The minimum atomic E-state index is 0.668. The number of hydrogen-bond acceptors (Lipinski definition) is 5. The Kier molecular flexibility index (Phi) is 3.59. The molecule has 0 aliphatic rings. The summed E-state index contributed by atoms with van der Waals surface area (Å²) in [6.45, 7) is 4.64. The molecule has 6 nitrogen and oxygen atoms in total. The Hall–Kier alpha value is -2.76. The Morgan fingerprint density at radius 2 is 2.10 bits per heavy atom. The molecule has 3 heterocycles. The average Bonchev–Trinajstić information content (AvgIpc) is 2.85. The lowest BCUT2D eigenvalue weighted by Crippen LogP contribution is -2.06. The van der Waals surface area contributed by atoms with Gasteiger partial charge in [-0.25, -0.2) is 14.6 Å². The fourth-order valence-corrected chi connectivity index (χ4v) is 2.12. The third kappa shape index (κ3) is 3.05. The lowest BCUT2D eigenvalue weighted by atomic mass is 10.3. The summed E-state index contributed by atoms with van der Waals surface area (Å²) in [7, 11) is 0. The van der Waals surface area contributed by atoms with Crippen molar-refractivity contribution in [1.82, 2.24) is 24.7 Å². The van der Waals surface area contributed by atoms with Gasteiger partial charge in [0, 0.05) is 30.7 Å². The van der Waals surface area contributed by atoms with Crippen LogP contribution in [0.25, 0.3) is 5.82 Å². The van der Waals surface area contributed by atoms with Crippen molar-refractivity contribution in [2.75, 3.05) is 5.32 Å². The molecule has 0 saturated carbocycles. The third-order valence-corrected chi connectivity index (χ3v) is 3.08. The van der Waals surface area contributed by atoms with Crippen molar-refractivity contribution in [2.24, 2.45) is 0 Å². The number of aromatic nitrogens is 5. The first-order valence-corrected chi connectivity index (χ1v) is 6.71. The van der Waals surface area contributed by atoms with Gasteiger partial charge in [-0.2, -0.15) is 5.10 Å². The van der Waals surface area contributed by atoms with Crippen LogP contribution in [0.5, 0.6) is 0 Å². The highest BCUT2D eigenvalue weighted by molar-refractivity contribution is 5.41.